The molecule has 2 nitrogen and oxygen atoms in total. The van der Waals surface area contributed by atoms with Gasteiger partial charge in [0.05, 0.1) is 0 Å². The van der Waals surface area contributed by atoms with Crippen LogP contribution in [0.5, 0.6) is 5.75 Å². The minimum atomic E-state index is -2.75. The Bertz CT molecular complexity index is 394. The normalized spacial score (nSPS) is 23.0. The van der Waals surface area contributed by atoms with Gasteiger partial charge in [0, 0.05) is 6.04 Å². The van der Waals surface area contributed by atoms with Crippen LogP contribution in [0.25, 0.3) is 0 Å². The van der Waals surface area contributed by atoms with E-state index in [9.17, 15) is 8.78 Å². The zero-order chi connectivity index (χ0) is 14.4. The lowest BCUT2D eigenvalue weighted by Gasteiger charge is -2.29. The number of alkyl halides is 2. The van der Waals surface area contributed by atoms with Crippen LogP contribution in [0.15, 0.2) is 24.3 Å². The maximum atomic E-state index is 12.1. The minimum absolute atomic E-state index is 0.227. The van der Waals surface area contributed by atoms with Crippen LogP contribution in [0.3, 0.4) is 0 Å². The number of hydrogen-bond donors (Lipinski definition) is 1. The number of hydrogen-bond acceptors (Lipinski definition) is 2. The lowest BCUT2D eigenvalue weighted by molar-refractivity contribution is -0.0498. The zero-order valence-electron chi connectivity index (χ0n) is 11.9. The van der Waals surface area contributed by atoms with Gasteiger partial charge in [0.15, 0.2) is 0 Å². The number of aryl methyl sites for hydroxylation is 1. The van der Waals surface area contributed by atoms with Crippen LogP contribution in [0.1, 0.15) is 38.2 Å². The second-order valence-electron chi connectivity index (χ2n) is 5.51. The third-order valence-corrected chi connectivity index (χ3v) is 4.11. The predicted molar refractivity (Wildman–Crippen MR) is 76.2 cm³/mol. The summed E-state index contributed by atoms with van der Waals surface area (Å²) in [6.45, 7) is 0.623. The quantitative estimate of drug-likeness (QED) is 0.852. The maximum absolute atomic E-state index is 12.1. The molecule has 0 bridgehead atoms. The van der Waals surface area contributed by atoms with E-state index in [1.165, 1.54) is 24.8 Å². The van der Waals surface area contributed by atoms with Gasteiger partial charge in [-0.25, -0.2) is 0 Å². The van der Waals surface area contributed by atoms with Crippen molar-refractivity contribution in [2.45, 2.75) is 51.7 Å². The van der Waals surface area contributed by atoms with Crippen LogP contribution in [0, 0.1) is 5.92 Å². The highest BCUT2D eigenvalue weighted by atomic mass is 19.3. The van der Waals surface area contributed by atoms with E-state index in [2.05, 4.69) is 17.0 Å². The summed E-state index contributed by atoms with van der Waals surface area (Å²) in [7, 11) is 0. The van der Waals surface area contributed by atoms with E-state index in [4.69, 9.17) is 0 Å². The van der Waals surface area contributed by atoms with Crippen molar-refractivity contribution in [1.29, 1.82) is 0 Å². The van der Waals surface area contributed by atoms with Gasteiger partial charge in [-0.1, -0.05) is 25.5 Å². The van der Waals surface area contributed by atoms with E-state index in [1.54, 1.807) is 12.1 Å². The molecule has 2 atom stereocenters. The molecule has 1 N–H and O–H groups in total. The molecular formula is C16H23F2NO. The molecule has 20 heavy (non-hydrogen) atoms. The van der Waals surface area contributed by atoms with Crippen LogP contribution in [-0.4, -0.2) is 19.2 Å². The van der Waals surface area contributed by atoms with Gasteiger partial charge in [-0.2, -0.15) is 8.78 Å². The molecule has 1 aromatic rings. The highest BCUT2D eigenvalue weighted by Gasteiger charge is 2.19. The van der Waals surface area contributed by atoms with Crippen LogP contribution >= 0.6 is 0 Å². The van der Waals surface area contributed by atoms with Crippen molar-refractivity contribution in [2.24, 2.45) is 5.92 Å². The van der Waals surface area contributed by atoms with Crippen molar-refractivity contribution in [2.75, 3.05) is 6.54 Å². The number of nitrogens with one attached hydrogen (secondary N) is 1. The molecular weight excluding hydrogens is 260 g/mol. The average Bonchev–Trinajstić information content (AvgIpc) is 2.46. The number of halogens is 2. The van der Waals surface area contributed by atoms with Crippen LogP contribution in [0.4, 0.5) is 8.78 Å². The highest BCUT2D eigenvalue weighted by Crippen LogP contribution is 2.22. The van der Waals surface area contributed by atoms with Crippen molar-refractivity contribution in [3.8, 4) is 5.75 Å². The lowest BCUT2D eigenvalue weighted by Crippen LogP contribution is -2.38. The number of benzene rings is 1. The first-order chi connectivity index (χ1) is 9.67. The number of ether oxygens (including phenoxy) is 1. The molecule has 1 aromatic carbocycles. The van der Waals surface area contributed by atoms with Gasteiger partial charge < -0.3 is 10.1 Å². The van der Waals surface area contributed by atoms with Crippen molar-refractivity contribution >= 4 is 0 Å². The summed E-state index contributed by atoms with van der Waals surface area (Å²) in [5.74, 6) is 1.08. The van der Waals surface area contributed by atoms with Crippen molar-refractivity contribution in [1.82, 2.24) is 5.32 Å². The Labute approximate surface area is 119 Å². The molecule has 1 fully saturated rings. The summed E-state index contributed by atoms with van der Waals surface area (Å²) in [5.41, 5.74) is 1.17. The van der Waals surface area contributed by atoms with E-state index >= 15 is 0 Å². The Kier molecular flexibility index (Phi) is 5.77. The summed E-state index contributed by atoms with van der Waals surface area (Å²) >= 11 is 0. The van der Waals surface area contributed by atoms with Gasteiger partial charge in [0.2, 0.25) is 0 Å². The summed E-state index contributed by atoms with van der Waals surface area (Å²) in [6, 6.07) is 7.57. The van der Waals surface area contributed by atoms with Gasteiger partial charge in [0.25, 0.3) is 0 Å². The average molecular weight is 283 g/mol. The Morgan fingerprint density at radius 1 is 1.30 bits per heavy atom. The van der Waals surface area contributed by atoms with Gasteiger partial charge in [0.1, 0.15) is 5.75 Å². The molecule has 1 saturated heterocycles. The molecule has 0 amide bonds. The fraction of sp³-hybridized carbons (Fsp3) is 0.625. The SMILES string of the molecule is CCC1CCNC(CCc2ccc(OC(F)F)cc2)C1. The van der Waals surface area contributed by atoms with Crippen LogP contribution < -0.4 is 10.1 Å². The third kappa shape index (κ3) is 4.75. The van der Waals surface area contributed by atoms with Crippen molar-refractivity contribution < 1.29 is 13.5 Å². The molecule has 4 heteroatoms. The molecule has 0 spiro atoms. The molecule has 1 aliphatic heterocycles. The molecule has 1 heterocycles. The molecule has 0 saturated carbocycles. The Morgan fingerprint density at radius 2 is 2.05 bits per heavy atom. The van der Waals surface area contributed by atoms with E-state index in [0.29, 0.717) is 6.04 Å². The van der Waals surface area contributed by atoms with Gasteiger partial charge in [-0.15, -0.1) is 0 Å². The number of piperidine rings is 1. The largest absolute Gasteiger partial charge is 0.435 e. The first-order valence-corrected chi connectivity index (χ1v) is 7.44. The second kappa shape index (κ2) is 7.58. The molecule has 2 unspecified atom stereocenters. The van der Waals surface area contributed by atoms with E-state index in [1.807, 2.05) is 12.1 Å². The summed E-state index contributed by atoms with van der Waals surface area (Å²) in [5, 5.41) is 3.57. The molecule has 0 radical (unpaired) electrons. The lowest BCUT2D eigenvalue weighted by atomic mass is 9.88. The Morgan fingerprint density at radius 3 is 2.70 bits per heavy atom. The minimum Gasteiger partial charge on any atom is -0.435 e. The predicted octanol–water partition coefficient (Wildman–Crippen LogP) is 4.00. The van der Waals surface area contributed by atoms with E-state index in [0.717, 1.165) is 25.3 Å². The van der Waals surface area contributed by atoms with Crippen LogP contribution in [0.2, 0.25) is 0 Å². The Balaban J connectivity index is 1.78. The first kappa shape index (κ1) is 15.2. The fourth-order valence-corrected chi connectivity index (χ4v) is 2.86. The van der Waals surface area contributed by atoms with Crippen molar-refractivity contribution in [3.63, 3.8) is 0 Å². The second-order valence-corrected chi connectivity index (χ2v) is 5.51. The van der Waals surface area contributed by atoms with Gasteiger partial charge in [-0.05, 0) is 55.8 Å². The monoisotopic (exact) mass is 283 g/mol. The topological polar surface area (TPSA) is 21.3 Å². The van der Waals surface area contributed by atoms with Gasteiger partial charge in [-0.3, -0.25) is 0 Å². The fourth-order valence-electron chi connectivity index (χ4n) is 2.86. The van der Waals surface area contributed by atoms with E-state index < -0.39 is 6.61 Å². The summed E-state index contributed by atoms with van der Waals surface area (Å²) in [6.07, 6.45) is 5.88. The molecule has 2 rings (SSSR count). The molecule has 1 aliphatic rings. The Hall–Kier alpha value is -1.16. The zero-order valence-corrected chi connectivity index (χ0v) is 11.9. The molecule has 0 aliphatic carbocycles. The van der Waals surface area contributed by atoms with Crippen LogP contribution in [-0.2, 0) is 6.42 Å². The summed E-state index contributed by atoms with van der Waals surface area (Å²) < 4.78 is 28.4. The van der Waals surface area contributed by atoms with Gasteiger partial charge >= 0.3 is 6.61 Å². The standard InChI is InChI=1S/C16H23F2NO/c1-2-12-9-10-19-14(11-12)6-3-13-4-7-15(8-5-13)20-16(17)18/h4-5,7-8,12,14,16,19H,2-3,6,9-11H2,1H3. The summed E-state index contributed by atoms with van der Waals surface area (Å²) in [4.78, 5) is 0. The number of rotatable bonds is 6. The smallest absolute Gasteiger partial charge is 0.387 e. The third-order valence-electron chi connectivity index (χ3n) is 4.11. The first-order valence-electron chi connectivity index (χ1n) is 7.44. The van der Waals surface area contributed by atoms with E-state index in [-0.39, 0.29) is 5.75 Å². The maximum Gasteiger partial charge on any atom is 0.387 e. The van der Waals surface area contributed by atoms with Crippen molar-refractivity contribution in [3.05, 3.63) is 29.8 Å². The molecule has 112 valence electrons. The molecule has 0 aromatic heterocycles. The highest BCUT2D eigenvalue weighted by molar-refractivity contribution is 5.27.